The molecule has 2 aromatic heterocycles. The van der Waals surface area contributed by atoms with Crippen LogP contribution in [0.2, 0.25) is 0 Å². The number of rotatable bonds is 8. The van der Waals surface area contributed by atoms with Gasteiger partial charge < -0.3 is 35.8 Å². The summed E-state index contributed by atoms with van der Waals surface area (Å²) in [6.45, 7) is 12.5. The fraction of sp³-hybridized carbons (Fsp3) is 0.675. The Kier molecular flexibility index (Phi) is 21.3. The molecule has 0 spiro atoms. The molecule has 5 rings (SSSR count). The Morgan fingerprint density at radius 2 is 1.49 bits per heavy atom. The van der Waals surface area contributed by atoms with Crippen LogP contribution in [-0.4, -0.2) is 69.9 Å². The fourth-order valence-corrected chi connectivity index (χ4v) is 6.42. The first-order valence-corrected chi connectivity index (χ1v) is 18.8. The van der Waals surface area contributed by atoms with E-state index < -0.39 is 23.1 Å². The number of nitrogens with two attached hydrogens (primary N) is 1. The summed E-state index contributed by atoms with van der Waals surface area (Å²) in [5, 5.41) is 16.4. The molecule has 0 radical (unpaired) electrons. The van der Waals surface area contributed by atoms with Crippen LogP contribution in [0.3, 0.4) is 0 Å². The molecule has 0 aromatic carbocycles. The van der Waals surface area contributed by atoms with E-state index in [1.807, 2.05) is 20.8 Å². The predicted molar refractivity (Wildman–Crippen MR) is 205 cm³/mol. The number of hydrogen-bond donors (Lipinski definition) is 3. The molecule has 0 unspecified atom stereocenters. The Hall–Kier alpha value is -2.91. The minimum Gasteiger partial charge on any atom is -0.850 e. The number of anilines is 2. The van der Waals surface area contributed by atoms with Crippen molar-refractivity contribution >= 4 is 29.3 Å². The number of nitrogens with zero attached hydrogens (tertiary/aromatic N) is 3. The quantitative estimate of drug-likeness (QED) is 0.266. The summed E-state index contributed by atoms with van der Waals surface area (Å²) in [7, 11) is 0. The van der Waals surface area contributed by atoms with Gasteiger partial charge in [-0.25, -0.2) is 13.6 Å². The van der Waals surface area contributed by atoms with Gasteiger partial charge in [-0.2, -0.15) is 0 Å². The van der Waals surface area contributed by atoms with Crippen molar-refractivity contribution in [3.05, 3.63) is 47.5 Å². The minimum absolute atomic E-state index is 0. The van der Waals surface area contributed by atoms with Gasteiger partial charge in [0.1, 0.15) is 17.2 Å². The molecule has 3 aliphatic rings. The van der Waals surface area contributed by atoms with Crippen LogP contribution >= 0.6 is 0 Å². The topological polar surface area (TPSA) is 172 Å². The molecule has 0 saturated heterocycles. The van der Waals surface area contributed by atoms with E-state index in [9.17, 15) is 28.3 Å². The van der Waals surface area contributed by atoms with E-state index in [4.69, 9.17) is 15.2 Å². The first kappa shape index (κ1) is 50.1. The molecule has 3 heterocycles. The summed E-state index contributed by atoms with van der Waals surface area (Å²) in [6.07, 6.45) is 10.5. The zero-order chi connectivity index (χ0) is 39.3. The molecule has 2 fully saturated rings. The molecular formula is C40H63F2N6NaO6. The first-order chi connectivity index (χ1) is 24.8. The van der Waals surface area contributed by atoms with Crippen molar-refractivity contribution in [1.29, 1.82) is 0 Å². The molecule has 15 heteroatoms. The summed E-state index contributed by atoms with van der Waals surface area (Å²) in [6, 6.07) is 3.46. The Bertz CT molecular complexity index is 1500. The van der Waals surface area contributed by atoms with Crippen molar-refractivity contribution in [3.63, 3.8) is 0 Å². The van der Waals surface area contributed by atoms with Gasteiger partial charge >= 0.3 is 41.6 Å². The van der Waals surface area contributed by atoms with E-state index >= 15 is 0 Å². The van der Waals surface area contributed by atoms with E-state index in [1.54, 1.807) is 32.6 Å². The van der Waals surface area contributed by atoms with Crippen molar-refractivity contribution in [2.75, 3.05) is 16.8 Å². The number of nitrogens with one attached hydrogen (secondary N) is 2. The van der Waals surface area contributed by atoms with E-state index in [2.05, 4.69) is 20.6 Å². The SMILES string of the molecule is C.CC(C)(C)OC(=O)NC1CCC(N2C(=O)CCc3ncc(F)cc32)CC1.CC(C)(C)[O-].CCOC(=O)CCc1ncc(F)cc1NC1CCC(N)CC1.[Na+]. The third-order valence-corrected chi connectivity index (χ3v) is 8.74. The summed E-state index contributed by atoms with van der Waals surface area (Å²) < 4.78 is 37.3. The van der Waals surface area contributed by atoms with Gasteiger partial charge in [-0.05, 0) is 79.1 Å². The number of amides is 2. The number of esters is 1. The monoisotopic (exact) mass is 784 g/mol. The van der Waals surface area contributed by atoms with Gasteiger partial charge in [-0.3, -0.25) is 19.6 Å². The molecule has 0 bridgehead atoms. The maximum absolute atomic E-state index is 13.6. The number of pyridine rings is 2. The van der Waals surface area contributed by atoms with Crippen LogP contribution in [0, 0.1) is 11.6 Å². The van der Waals surface area contributed by atoms with Gasteiger partial charge in [0.25, 0.3) is 0 Å². The zero-order valence-electron chi connectivity index (χ0n) is 33.4. The van der Waals surface area contributed by atoms with Gasteiger partial charge in [-0.1, -0.05) is 28.2 Å². The van der Waals surface area contributed by atoms with Crippen molar-refractivity contribution in [2.24, 2.45) is 5.73 Å². The summed E-state index contributed by atoms with van der Waals surface area (Å²) in [5.41, 5.74) is 7.38. The van der Waals surface area contributed by atoms with E-state index in [-0.39, 0.29) is 85.3 Å². The smallest absolute Gasteiger partial charge is 0.850 e. The van der Waals surface area contributed by atoms with E-state index in [0.717, 1.165) is 57.1 Å². The zero-order valence-corrected chi connectivity index (χ0v) is 35.4. The summed E-state index contributed by atoms with van der Waals surface area (Å²) in [4.78, 5) is 45.8. The Morgan fingerprint density at radius 3 is 2.07 bits per heavy atom. The minimum atomic E-state index is -0.750. The number of halogens is 2. The maximum Gasteiger partial charge on any atom is 1.00 e. The largest absolute Gasteiger partial charge is 1.00 e. The van der Waals surface area contributed by atoms with Gasteiger partial charge in [0.05, 0.1) is 48.2 Å². The van der Waals surface area contributed by atoms with Gasteiger partial charge in [0.2, 0.25) is 5.91 Å². The molecule has 1 aliphatic heterocycles. The number of aryl methyl sites for hydroxylation is 2. The van der Waals surface area contributed by atoms with Crippen LogP contribution in [0.4, 0.5) is 25.0 Å². The Labute approximate surface area is 348 Å². The van der Waals surface area contributed by atoms with Crippen molar-refractivity contribution in [2.45, 2.75) is 168 Å². The third-order valence-electron chi connectivity index (χ3n) is 8.74. The molecule has 0 atom stereocenters. The number of alkyl carbamates (subject to hydrolysis) is 1. The number of carbonyl (C=O) groups is 3. The van der Waals surface area contributed by atoms with Crippen LogP contribution < -0.4 is 55.9 Å². The molecule has 2 amide bonds. The van der Waals surface area contributed by atoms with Crippen molar-refractivity contribution in [1.82, 2.24) is 15.3 Å². The van der Waals surface area contributed by atoms with Crippen molar-refractivity contribution < 1.29 is 67.3 Å². The van der Waals surface area contributed by atoms with Gasteiger partial charge in [0, 0.05) is 55.6 Å². The van der Waals surface area contributed by atoms with Gasteiger partial charge in [0.15, 0.2) is 0 Å². The molecule has 304 valence electrons. The van der Waals surface area contributed by atoms with Crippen LogP contribution in [0.25, 0.3) is 0 Å². The van der Waals surface area contributed by atoms with E-state index in [0.29, 0.717) is 42.9 Å². The molecule has 2 aromatic rings. The number of fused-ring (bicyclic) bond motifs is 1. The summed E-state index contributed by atoms with van der Waals surface area (Å²) >= 11 is 0. The molecule has 2 aliphatic carbocycles. The van der Waals surface area contributed by atoms with Gasteiger partial charge in [-0.15, -0.1) is 5.60 Å². The Morgan fingerprint density at radius 1 is 0.927 bits per heavy atom. The molecule has 2 saturated carbocycles. The second-order valence-electron chi connectivity index (χ2n) is 15.9. The average molecular weight is 785 g/mol. The third kappa shape index (κ3) is 18.7. The molecule has 55 heavy (non-hydrogen) atoms. The number of ether oxygens (including phenoxy) is 2. The fourth-order valence-electron chi connectivity index (χ4n) is 6.42. The normalized spacial score (nSPS) is 20.7. The van der Waals surface area contributed by atoms with Crippen LogP contribution in [0.5, 0.6) is 0 Å². The number of carbonyl (C=O) groups excluding carboxylic acids is 3. The number of aromatic nitrogens is 2. The first-order valence-electron chi connectivity index (χ1n) is 18.8. The van der Waals surface area contributed by atoms with E-state index in [1.165, 1.54) is 24.5 Å². The van der Waals surface area contributed by atoms with Crippen LogP contribution in [0.15, 0.2) is 24.5 Å². The predicted octanol–water partition coefficient (Wildman–Crippen LogP) is 3.52. The maximum atomic E-state index is 13.6. The second-order valence-corrected chi connectivity index (χ2v) is 15.9. The standard InChI is InChI=1S/C19H26FN3O3.C16H24FN3O2.C4H9O.CH4.Na/c1-19(2,3)26-18(25)22-13-4-6-14(7-5-13)23-16-10-12(20)11-21-15(16)8-9-17(23)24;1-2-22-16(21)8-7-14-15(9-11(17)10-19-14)20-13-5-3-12(18)4-6-13;1-4(2,3)5;;/h10-11,13-14H,4-9H2,1-3H3,(H,22,25);9-10,12-13,20H,2-8,18H2,1H3;1-3H3;1H4;/q;;-1;;+1. The van der Waals surface area contributed by atoms with Crippen LogP contribution in [-0.2, 0) is 31.9 Å². The number of hydrogen-bond acceptors (Lipinski definition) is 10. The van der Waals surface area contributed by atoms with Crippen molar-refractivity contribution in [3.8, 4) is 0 Å². The average Bonchev–Trinajstić information content (AvgIpc) is 3.05. The second kappa shape index (κ2) is 23.4. The van der Waals surface area contributed by atoms with Crippen LogP contribution in [0.1, 0.15) is 131 Å². The Balaban J connectivity index is 0.000000479. The summed E-state index contributed by atoms with van der Waals surface area (Å²) in [5.74, 6) is -1.05. The molecular weight excluding hydrogens is 721 g/mol. The molecule has 12 nitrogen and oxygen atoms in total. The molecule has 4 N–H and O–H groups in total.